The lowest BCUT2D eigenvalue weighted by Gasteiger charge is -2.12. The van der Waals surface area contributed by atoms with Gasteiger partial charge in [0, 0.05) is 17.5 Å². The van der Waals surface area contributed by atoms with Gasteiger partial charge in [0.15, 0.2) is 11.7 Å². The SMILES string of the molecule is NS(=O)(=O)c1ccc(-c2coc(CCC(=O)O)n2)c(-c2cccc(F)c2)c1F. The lowest BCUT2D eigenvalue weighted by Crippen LogP contribution is -2.14. The maximum Gasteiger partial charge on any atom is 0.303 e. The first-order valence-corrected chi connectivity index (χ1v) is 9.49. The summed E-state index contributed by atoms with van der Waals surface area (Å²) in [6.07, 6.45) is 0.989. The summed E-state index contributed by atoms with van der Waals surface area (Å²) in [5.41, 5.74) is 0.137. The van der Waals surface area contributed by atoms with Crippen molar-refractivity contribution in [1.29, 1.82) is 0 Å². The minimum Gasteiger partial charge on any atom is -0.481 e. The molecule has 146 valence electrons. The van der Waals surface area contributed by atoms with Crippen molar-refractivity contribution in [3.63, 3.8) is 0 Å². The molecule has 0 aliphatic heterocycles. The van der Waals surface area contributed by atoms with Crippen LogP contribution in [0.15, 0.2) is 52.0 Å². The number of aryl methyl sites for hydroxylation is 1. The highest BCUT2D eigenvalue weighted by Gasteiger charge is 2.24. The molecular formula is C18H14F2N2O5S. The zero-order valence-electron chi connectivity index (χ0n) is 14.2. The van der Waals surface area contributed by atoms with Crippen LogP contribution in [0.5, 0.6) is 0 Å². The van der Waals surface area contributed by atoms with Crippen LogP contribution in [0.25, 0.3) is 22.4 Å². The molecule has 0 bridgehead atoms. The molecule has 0 amide bonds. The molecule has 0 atom stereocenters. The Balaban J connectivity index is 2.19. The molecule has 1 aromatic heterocycles. The van der Waals surface area contributed by atoms with Crippen molar-refractivity contribution in [2.45, 2.75) is 17.7 Å². The number of oxazole rings is 1. The number of halogens is 2. The molecule has 2 aromatic carbocycles. The summed E-state index contributed by atoms with van der Waals surface area (Å²) in [6.45, 7) is 0. The second-order valence-electron chi connectivity index (χ2n) is 5.88. The van der Waals surface area contributed by atoms with Gasteiger partial charge in [-0.25, -0.2) is 27.3 Å². The Bertz CT molecular complexity index is 1160. The van der Waals surface area contributed by atoms with Gasteiger partial charge in [0.05, 0.1) is 6.42 Å². The van der Waals surface area contributed by atoms with E-state index in [2.05, 4.69) is 4.98 Å². The van der Waals surface area contributed by atoms with Gasteiger partial charge in [-0.1, -0.05) is 18.2 Å². The third kappa shape index (κ3) is 4.07. The van der Waals surface area contributed by atoms with Crippen LogP contribution in [0.4, 0.5) is 8.78 Å². The lowest BCUT2D eigenvalue weighted by atomic mass is 9.97. The van der Waals surface area contributed by atoms with Crippen LogP contribution >= 0.6 is 0 Å². The molecule has 10 heteroatoms. The van der Waals surface area contributed by atoms with Crippen molar-refractivity contribution in [3.05, 3.63) is 60.2 Å². The molecule has 0 radical (unpaired) electrons. The standard InChI is InChI=1S/C18H14F2N2O5S/c19-11-3-1-2-10(8-11)17-12(4-5-14(18(17)20)28(21,25)26)13-9-27-15(22-13)6-7-16(23)24/h1-5,8-9H,6-7H2,(H,23,24)(H2,21,25,26). The number of primary sulfonamides is 1. The van der Waals surface area contributed by atoms with Gasteiger partial charge in [-0.3, -0.25) is 4.79 Å². The van der Waals surface area contributed by atoms with Crippen molar-refractivity contribution in [1.82, 2.24) is 4.98 Å². The van der Waals surface area contributed by atoms with Gasteiger partial charge in [-0.2, -0.15) is 0 Å². The van der Waals surface area contributed by atoms with Gasteiger partial charge in [0.2, 0.25) is 10.0 Å². The monoisotopic (exact) mass is 408 g/mol. The molecule has 7 nitrogen and oxygen atoms in total. The van der Waals surface area contributed by atoms with Gasteiger partial charge < -0.3 is 9.52 Å². The molecule has 3 rings (SSSR count). The highest BCUT2D eigenvalue weighted by Crippen LogP contribution is 2.36. The Morgan fingerprint density at radius 3 is 2.61 bits per heavy atom. The highest BCUT2D eigenvalue weighted by molar-refractivity contribution is 7.89. The Kier molecular flexibility index (Phi) is 5.25. The number of benzene rings is 2. The normalized spacial score (nSPS) is 11.5. The molecule has 0 aliphatic rings. The second-order valence-corrected chi connectivity index (χ2v) is 7.41. The van der Waals surface area contributed by atoms with Crippen molar-refractivity contribution in [2.75, 3.05) is 0 Å². The molecule has 3 aromatic rings. The van der Waals surface area contributed by atoms with E-state index in [0.29, 0.717) is 0 Å². The van der Waals surface area contributed by atoms with Crippen molar-refractivity contribution in [2.24, 2.45) is 5.14 Å². The predicted molar refractivity (Wildman–Crippen MR) is 94.6 cm³/mol. The Morgan fingerprint density at radius 2 is 1.96 bits per heavy atom. The minimum atomic E-state index is -4.36. The quantitative estimate of drug-likeness (QED) is 0.646. The van der Waals surface area contributed by atoms with Crippen molar-refractivity contribution >= 4 is 16.0 Å². The first-order chi connectivity index (χ1) is 13.2. The molecular weight excluding hydrogens is 394 g/mol. The molecule has 0 spiro atoms. The maximum atomic E-state index is 15.1. The topological polar surface area (TPSA) is 123 Å². The Hall–Kier alpha value is -3.11. The number of carboxylic acid groups (broad SMARTS) is 1. The van der Waals surface area contributed by atoms with E-state index in [1.165, 1.54) is 24.5 Å². The summed E-state index contributed by atoms with van der Waals surface area (Å²) >= 11 is 0. The summed E-state index contributed by atoms with van der Waals surface area (Å²) in [4.78, 5) is 14.1. The van der Waals surface area contributed by atoms with E-state index in [9.17, 15) is 17.6 Å². The number of carboxylic acids is 1. The van der Waals surface area contributed by atoms with Gasteiger partial charge >= 0.3 is 5.97 Å². The third-order valence-electron chi connectivity index (χ3n) is 3.91. The van der Waals surface area contributed by atoms with Crippen LogP contribution < -0.4 is 5.14 Å². The lowest BCUT2D eigenvalue weighted by molar-refractivity contribution is -0.137. The van der Waals surface area contributed by atoms with Crippen molar-refractivity contribution in [3.8, 4) is 22.4 Å². The van der Waals surface area contributed by atoms with Crippen LogP contribution in [0.2, 0.25) is 0 Å². The molecule has 0 fully saturated rings. The fraction of sp³-hybridized carbons (Fsp3) is 0.111. The number of sulfonamides is 1. The molecule has 0 aliphatic carbocycles. The predicted octanol–water partition coefficient (Wildman–Crippen LogP) is 2.95. The average molecular weight is 408 g/mol. The fourth-order valence-electron chi connectivity index (χ4n) is 2.68. The summed E-state index contributed by atoms with van der Waals surface area (Å²) in [5.74, 6) is -2.73. The molecule has 28 heavy (non-hydrogen) atoms. The number of carbonyl (C=O) groups is 1. The molecule has 0 saturated carbocycles. The van der Waals surface area contributed by atoms with Gasteiger partial charge in [0.25, 0.3) is 0 Å². The zero-order valence-corrected chi connectivity index (χ0v) is 15.0. The van der Waals surface area contributed by atoms with E-state index in [-0.39, 0.29) is 41.1 Å². The fourth-order valence-corrected chi connectivity index (χ4v) is 3.29. The Labute approximate surface area is 158 Å². The van der Waals surface area contributed by atoms with Crippen LogP contribution in [0.3, 0.4) is 0 Å². The number of hydrogen-bond donors (Lipinski definition) is 2. The first kappa shape index (κ1) is 19.6. The second kappa shape index (κ2) is 7.49. The Morgan fingerprint density at radius 1 is 1.21 bits per heavy atom. The van der Waals surface area contributed by atoms with E-state index in [0.717, 1.165) is 18.2 Å². The minimum absolute atomic E-state index is 0.0162. The van der Waals surface area contributed by atoms with Crippen LogP contribution in [-0.2, 0) is 21.2 Å². The smallest absolute Gasteiger partial charge is 0.303 e. The number of rotatable bonds is 6. The largest absolute Gasteiger partial charge is 0.481 e. The summed E-state index contributed by atoms with van der Waals surface area (Å²) in [6, 6.07) is 7.21. The number of hydrogen-bond acceptors (Lipinski definition) is 5. The van der Waals surface area contributed by atoms with Crippen LogP contribution in [0.1, 0.15) is 12.3 Å². The van der Waals surface area contributed by atoms with Crippen LogP contribution in [0, 0.1) is 11.6 Å². The molecule has 3 N–H and O–H groups in total. The van der Waals surface area contributed by atoms with Gasteiger partial charge in [-0.15, -0.1) is 0 Å². The summed E-state index contributed by atoms with van der Waals surface area (Å²) < 4.78 is 57.3. The van der Waals surface area contributed by atoms with Gasteiger partial charge in [0.1, 0.15) is 22.7 Å². The average Bonchev–Trinajstić information content (AvgIpc) is 3.07. The first-order valence-electron chi connectivity index (χ1n) is 7.94. The number of aliphatic carboxylic acids is 1. The summed E-state index contributed by atoms with van der Waals surface area (Å²) in [7, 11) is -4.36. The highest BCUT2D eigenvalue weighted by atomic mass is 32.2. The van der Waals surface area contributed by atoms with Crippen LogP contribution in [-0.4, -0.2) is 24.5 Å². The third-order valence-corrected chi connectivity index (χ3v) is 4.84. The van der Waals surface area contributed by atoms with E-state index in [1.807, 2.05) is 0 Å². The van der Waals surface area contributed by atoms with E-state index >= 15 is 4.39 Å². The number of aromatic nitrogens is 1. The molecule has 1 heterocycles. The molecule has 0 unspecified atom stereocenters. The maximum absolute atomic E-state index is 15.1. The summed E-state index contributed by atoms with van der Waals surface area (Å²) in [5, 5.41) is 13.8. The number of nitrogens with two attached hydrogens (primary N) is 1. The van der Waals surface area contributed by atoms with E-state index < -0.39 is 32.5 Å². The zero-order chi connectivity index (χ0) is 20.5. The molecule has 0 saturated heterocycles. The van der Waals surface area contributed by atoms with Crippen molar-refractivity contribution < 1.29 is 31.5 Å². The number of nitrogens with zero attached hydrogens (tertiary/aromatic N) is 1. The van der Waals surface area contributed by atoms with E-state index in [4.69, 9.17) is 14.7 Å². The van der Waals surface area contributed by atoms with E-state index in [1.54, 1.807) is 0 Å². The van der Waals surface area contributed by atoms with Gasteiger partial charge in [-0.05, 0) is 23.8 Å².